The van der Waals surface area contributed by atoms with E-state index in [1.54, 1.807) is 7.11 Å². The third-order valence-electron chi connectivity index (χ3n) is 3.34. The predicted octanol–water partition coefficient (Wildman–Crippen LogP) is 0.106. The minimum absolute atomic E-state index is 0.832. The molecule has 1 heterocycles. The highest BCUT2D eigenvalue weighted by molar-refractivity contribution is 4.77. The molecule has 1 N–H and O–H groups in total. The Morgan fingerprint density at radius 3 is 2.94 bits per heavy atom. The first-order chi connectivity index (χ1) is 7.76. The van der Waals surface area contributed by atoms with Crippen LogP contribution in [0.2, 0.25) is 0 Å². The molecule has 0 aliphatic carbocycles. The highest BCUT2D eigenvalue weighted by atomic mass is 16.5. The van der Waals surface area contributed by atoms with E-state index in [1.807, 2.05) is 7.05 Å². The Morgan fingerprint density at radius 2 is 2.25 bits per heavy atom. The van der Waals surface area contributed by atoms with Crippen molar-refractivity contribution in [1.29, 1.82) is 0 Å². The van der Waals surface area contributed by atoms with Crippen molar-refractivity contribution in [3.05, 3.63) is 0 Å². The van der Waals surface area contributed by atoms with Crippen molar-refractivity contribution >= 4 is 0 Å². The fraction of sp³-hybridized carbons (Fsp3) is 1.00. The van der Waals surface area contributed by atoms with Crippen molar-refractivity contribution in [2.45, 2.75) is 6.42 Å². The molecule has 0 aromatic carbocycles. The Bertz CT molecular complexity index is 178. The highest BCUT2D eigenvalue weighted by Crippen LogP contribution is 2.14. The van der Waals surface area contributed by atoms with Gasteiger partial charge in [-0.25, -0.2) is 0 Å². The third-order valence-corrected chi connectivity index (χ3v) is 3.34. The molecule has 1 saturated heterocycles. The van der Waals surface area contributed by atoms with Gasteiger partial charge in [-0.05, 0) is 39.5 Å². The van der Waals surface area contributed by atoms with E-state index < -0.39 is 0 Å². The largest absolute Gasteiger partial charge is 0.383 e. The van der Waals surface area contributed by atoms with Crippen LogP contribution in [-0.2, 0) is 4.74 Å². The number of hydrogen-bond donors (Lipinski definition) is 1. The summed E-state index contributed by atoms with van der Waals surface area (Å²) in [6.07, 6.45) is 1.35. The number of hydrogen-bond acceptors (Lipinski definition) is 4. The molecule has 1 aliphatic heterocycles. The van der Waals surface area contributed by atoms with Crippen LogP contribution in [0.3, 0.4) is 0 Å². The molecule has 4 heteroatoms. The van der Waals surface area contributed by atoms with Gasteiger partial charge < -0.3 is 19.9 Å². The van der Waals surface area contributed by atoms with Crippen LogP contribution in [0.4, 0.5) is 0 Å². The van der Waals surface area contributed by atoms with Gasteiger partial charge >= 0.3 is 0 Å². The SMILES string of the molecule is CNCC1CCN(CCN(C)CCOC)C1. The number of ether oxygens (including phenoxy) is 1. The van der Waals surface area contributed by atoms with Crippen LogP contribution < -0.4 is 5.32 Å². The number of likely N-dealkylation sites (N-methyl/N-ethyl adjacent to an activating group) is 1. The molecule has 1 aliphatic rings. The summed E-state index contributed by atoms with van der Waals surface area (Å²) in [7, 11) is 5.97. The first kappa shape index (κ1) is 13.9. The number of nitrogens with one attached hydrogen (secondary N) is 1. The molecule has 16 heavy (non-hydrogen) atoms. The van der Waals surface area contributed by atoms with Gasteiger partial charge in [-0.3, -0.25) is 0 Å². The maximum absolute atomic E-state index is 5.07. The van der Waals surface area contributed by atoms with Crippen molar-refractivity contribution in [2.75, 3.05) is 67.1 Å². The molecule has 0 bridgehead atoms. The summed E-state index contributed by atoms with van der Waals surface area (Å²) in [5.74, 6) is 0.856. The van der Waals surface area contributed by atoms with E-state index in [4.69, 9.17) is 4.74 Å². The lowest BCUT2D eigenvalue weighted by Gasteiger charge is -2.21. The second-order valence-electron chi connectivity index (χ2n) is 4.81. The molecule has 1 unspecified atom stereocenters. The van der Waals surface area contributed by atoms with E-state index in [0.717, 1.165) is 32.2 Å². The van der Waals surface area contributed by atoms with Crippen LogP contribution in [0.15, 0.2) is 0 Å². The minimum Gasteiger partial charge on any atom is -0.383 e. The first-order valence-corrected chi connectivity index (χ1v) is 6.30. The lowest BCUT2D eigenvalue weighted by molar-refractivity contribution is 0.154. The third kappa shape index (κ3) is 5.25. The Labute approximate surface area is 99.9 Å². The molecule has 1 rings (SSSR count). The Hall–Kier alpha value is -0.160. The van der Waals surface area contributed by atoms with E-state index in [2.05, 4.69) is 22.2 Å². The van der Waals surface area contributed by atoms with Crippen LogP contribution in [0.5, 0.6) is 0 Å². The second kappa shape index (κ2) is 8.01. The van der Waals surface area contributed by atoms with Crippen molar-refractivity contribution in [2.24, 2.45) is 5.92 Å². The summed E-state index contributed by atoms with van der Waals surface area (Å²) >= 11 is 0. The predicted molar refractivity (Wildman–Crippen MR) is 67.8 cm³/mol. The van der Waals surface area contributed by atoms with Gasteiger partial charge in [-0.15, -0.1) is 0 Å². The van der Waals surface area contributed by atoms with Crippen molar-refractivity contribution in [3.63, 3.8) is 0 Å². The maximum atomic E-state index is 5.07. The Kier molecular flexibility index (Phi) is 6.96. The van der Waals surface area contributed by atoms with Crippen LogP contribution in [-0.4, -0.2) is 76.9 Å². The van der Waals surface area contributed by atoms with Gasteiger partial charge in [-0.1, -0.05) is 0 Å². The topological polar surface area (TPSA) is 27.7 Å². The Balaban J connectivity index is 2.05. The summed E-state index contributed by atoms with van der Waals surface area (Å²) < 4.78 is 5.07. The molecule has 1 fully saturated rings. The quantitative estimate of drug-likeness (QED) is 0.639. The van der Waals surface area contributed by atoms with E-state index in [1.165, 1.54) is 26.1 Å². The number of nitrogens with zero attached hydrogens (tertiary/aromatic N) is 2. The second-order valence-corrected chi connectivity index (χ2v) is 4.81. The monoisotopic (exact) mass is 229 g/mol. The van der Waals surface area contributed by atoms with Gasteiger partial charge in [0.15, 0.2) is 0 Å². The highest BCUT2D eigenvalue weighted by Gasteiger charge is 2.21. The van der Waals surface area contributed by atoms with Gasteiger partial charge in [0.25, 0.3) is 0 Å². The van der Waals surface area contributed by atoms with Crippen LogP contribution >= 0.6 is 0 Å². The molecule has 0 aromatic rings. The molecule has 0 amide bonds. The molecule has 96 valence electrons. The number of likely N-dealkylation sites (tertiary alicyclic amines) is 1. The van der Waals surface area contributed by atoms with Crippen molar-refractivity contribution in [3.8, 4) is 0 Å². The zero-order chi connectivity index (χ0) is 11.8. The minimum atomic E-state index is 0.832. The lowest BCUT2D eigenvalue weighted by atomic mass is 10.1. The molecule has 4 nitrogen and oxygen atoms in total. The normalized spacial score (nSPS) is 22.1. The van der Waals surface area contributed by atoms with Crippen molar-refractivity contribution in [1.82, 2.24) is 15.1 Å². The smallest absolute Gasteiger partial charge is 0.0589 e. The standard InChI is InChI=1S/C12H27N3O/c1-13-10-12-4-5-15(11-12)7-6-14(2)8-9-16-3/h12-13H,4-11H2,1-3H3. The lowest BCUT2D eigenvalue weighted by Crippen LogP contribution is -2.34. The van der Waals surface area contributed by atoms with Gasteiger partial charge in [0.2, 0.25) is 0 Å². The van der Waals surface area contributed by atoms with E-state index in [-0.39, 0.29) is 0 Å². The molecule has 0 aromatic heterocycles. The Morgan fingerprint density at radius 1 is 1.44 bits per heavy atom. The summed E-state index contributed by atoms with van der Waals surface area (Å²) in [6.45, 7) is 7.90. The fourth-order valence-electron chi connectivity index (χ4n) is 2.24. The zero-order valence-corrected chi connectivity index (χ0v) is 11.0. The molecular formula is C12H27N3O. The molecular weight excluding hydrogens is 202 g/mol. The number of rotatable bonds is 8. The molecule has 0 spiro atoms. The van der Waals surface area contributed by atoms with E-state index in [0.29, 0.717) is 0 Å². The maximum Gasteiger partial charge on any atom is 0.0589 e. The fourth-order valence-corrected chi connectivity index (χ4v) is 2.24. The number of methoxy groups -OCH3 is 1. The van der Waals surface area contributed by atoms with Gasteiger partial charge in [0.05, 0.1) is 6.61 Å². The average Bonchev–Trinajstić information content (AvgIpc) is 2.72. The molecule has 1 atom stereocenters. The van der Waals surface area contributed by atoms with Crippen LogP contribution in [0.1, 0.15) is 6.42 Å². The van der Waals surface area contributed by atoms with Crippen molar-refractivity contribution < 1.29 is 4.74 Å². The summed E-state index contributed by atoms with van der Waals surface area (Å²) in [5, 5.41) is 3.27. The molecule has 0 radical (unpaired) electrons. The molecule has 0 saturated carbocycles. The van der Waals surface area contributed by atoms with Gasteiger partial charge in [-0.2, -0.15) is 0 Å². The van der Waals surface area contributed by atoms with Gasteiger partial charge in [0, 0.05) is 33.3 Å². The zero-order valence-electron chi connectivity index (χ0n) is 11.0. The average molecular weight is 229 g/mol. The van der Waals surface area contributed by atoms with Crippen LogP contribution in [0.25, 0.3) is 0 Å². The van der Waals surface area contributed by atoms with E-state index in [9.17, 15) is 0 Å². The van der Waals surface area contributed by atoms with Gasteiger partial charge in [0.1, 0.15) is 0 Å². The summed E-state index contributed by atoms with van der Waals surface area (Å²) in [5.41, 5.74) is 0. The van der Waals surface area contributed by atoms with Crippen LogP contribution in [0, 0.1) is 5.92 Å². The summed E-state index contributed by atoms with van der Waals surface area (Å²) in [4.78, 5) is 4.92. The summed E-state index contributed by atoms with van der Waals surface area (Å²) in [6, 6.07) is 0. The van der Waals surface area contributed by atoms with E-state index >= 15 is 0 Å². The first-order valence-electron chi connectivity index (χ1n) is 6.30.